The monoisotopic (exact) mass is 194 g/mol. The first-order chi connectivity index (χ1) is 6.86. The molecule has 0 aliphatic heterocycles. The van der Waals surface area contributed by atoms with E-state index in [1.54, 1.807) is 7.11 Å². The Kier molecular flexibility index (Phi) is 4.55. The zero-order valence-corrected chi connectivity index (χ0v) is 8.23. The zero-order valence-electron chi connectivity index (χ0n) is 8.23. The number of hydrogen-bond acceptors (Lipinski definition) is 3. The van der Waals surface area contributed by atoms with Gasteiger partial charge >= 0.3 is 0 Å². The average molecular weight is 194 g/mol. The van der Waals surface area contributed by atoms with Gasteiger partial charge in [-0.05, 0) is 30.7 Å². The second kappa shape index (κ2) is 6.02. The summed E-state index contributed by atoms with van der Waals surface area (Å²) in [6.45, 7) is 0.574. The standard InChI is InChI=1S/C11H14O3/c1-13-10-4-6-11(7-5-10)14-9-3-2-8-12/h4-8H,2-3,9H2,1H3. The van der Waals surface area contributed by atoms with E-state index < -0.39 is 0 Å². The Bertz CT molecular complexity index is 266. The van der Waals surface area contributed by atoms with Crippen LogP contribution in [0.1, 0.15) is 12.8 Å². The second-order valence-corrected chi connectivity index (χ2v) is 2.83. The molecule has 1 rings (SSSR count). The highest BCUT2D eigenvalue weighted by molar-refractivity contribution is 5.49. The topological polar surface area (TPSA) is 35.5 Å². The van der Waals surface area contributed by atoms with Crippen LogP contribution in [0.4, 0.5) is 0 Å². The zero-order chi connectivity index (χ0) is 10.2. The molecular formula is C11H14O3. The second-order valence-electron chi connectivity index (χ2n) is 2.83. The van der Waals surface area contributed by atoms with Gasteiger partial charge in [0.2, 0.25) is 0 Å². The van der Waals surface area contributed by atoms with E-state index in [0.717, 1.165) is 24.2 Å². The lowest BCUT2D eigenvalue weighted by Crippen LogP contribution is -1.97. The lowest BCUT2D eigenvalue weighted by atomic mass is 10.3. The van der Waals surface area contributed by atoms with Crippen LogP contribution in [0.5, 0.6) is 11.5 Å². The van der Waals surface area contributed by atoms with Gasteiger partial charge in [-0.1, -0.05) is 0 Å². The SMILES string of the molecule is COc1ccc(OCCCC=O)cc1. The molecule has 3 nitrogen and oxygen atoms in total. The smallest absolute Gasteiger partial charge is 0.120 e. The fraction of sp³-hybridized carbons (Fsp3) is 0.364. The molecule has 14 heavy (non-hydrogen) atoms. The van der Waals surface area contributed by atoms with Crippen molar-refractivity contribution in [2.75, 3.05) is 13.7 Å². The van der Waals surface area contributed by atoms with Crippen LogP contribution >= 0.6 is 0 Å². The van der Waals surface area contributed by atoms with E-state index in [1.165, 1.54) is 0 Å². The van der Waals surface area contributed by atoms with Gasteiger partial charge in [-0.2, -0.15) is 0 Å². The van der Waals surface area contributed by atoms with Crippen molar-refractivity contribution in [1.29, 1.82) is 0 Å². The molecule has 0 fully saturated rings. The summed E-state index contributed by atoms with van der Waals surface area (Å²) in [4.78, 5) is 10.0. The van der Waals surface area contributed by atoms with Crippen molar-refractivity contribution in [3.8, 4) is 11.5 Å². The summed E-state index contributed by atoms with van der Waals surface area (Å²) in [7, 11) is 1.62. The van der Waals surface area contributed by atoms with E-state index in [1.807, 2.05) is 24.3 Å². The lowest BCUT2D eigenvalue weighted by Gasteiger charge is -2.05. The third-order valence-corrected chi connectivity index (χ3v) is 1.79. The molecule has 0 heterocycles. The first kappa shape index (κ1) is 10.6. The first-order valence-corrected chi connectivity index (χ1v) is 4.57. The minimum Gasteiger partial charge on any atom is -0.497 e. The summed E-state index contributed by atoms with van der Waals surface area (Å²) >= 11 is 0. The van der Waals surface area contributed by atoms with Crippen molar-refractivity contribution >= 4 is 6.29 Å². The number of unbranched alkanes of at least 4 members (excludes halogenated alkanes) is 1. The van der Waals surface area contributed by atoms with Crippen molar-refractivity contribution in [3.63, 3.8) is 0 Å². The van der Waals surface area contributed by atoms with Crippen molar-refractivity contribution in [2.45, 2.75) is 12.8 Å². The van der Waals surface area contributed by atoms with Crippen LogP contribution in [0.3, 0.4) is 0 Å². The number of hydrogen-bond donors (Lipinski definition) is 0. The van der Waals surface area contributed by atoms with E-state index in [-0.39, 0.29) is 0 Å². The molecule has 0 saturated carbocycles. The van der Waals surface area contributed by atoms with Gasteiger partial charge in [0.1, 0.15) is 17.8 Å². The number of rotatable bonds is 6. The van der Waals surface area contributed by atoms with E-state index in [9.17, 15) is 4.79 Å². The summed E-state index contributed by atoms with van der Waals surface area (Å²) in [5.74, 6) is 1.61. The van der Waals surface area contributed by atoms with Gasteiger partial charge in [0, 0.05) is 6.42 Å². The number of aldehydes is 1. The van der Waals surface area contributed by atoms with E-state index in [0.29, 0.717) is 13.0 Å². The lowest BCUT2D eigenvalue weighted by molar-refractivity contribution is -0.108. The third-order valence-electron chi connectivity index (χ3n) is 1.79. The molecule has 0 amide bonds. The van der Waals surface area contributed by atoms with Gasteiger partial charge in [-0.3, -0.25) is 0 Å². The molecule has 3 heteroatoms. The van der Waals surface area contributed by atoms with Crippen LogP contribution in [0.2, 0.25) is 0 Å². The Morgan fingerprint density at radius 3 is 2.43 bits per heavy atom. The Balaban J connectivity index is 2.32. The quantitative estimate of drug-likeness (QED) is 0.513. The maximum absolute atomic E-state index is 10.0. The first-order valence-electron chi connectivity index (χ1n) is 4.57. The molecule has 76 valence electrons. The molecule has 0 aromatic heterocycles. The van der Waals surface area contributed by atoms with Gasteiger partial charge in [0.25, 0.3) is 0 Å². The predicted molar refractivity (Wildman–Crippen MR) is 53.8 cm³/mol. The average Bonchev–Trinajstić information content (AvgIpc) is 2.25. The van der Waals surface area contributed by atoms with E-state index in [4.69, 9.17) is 9.47 Å². The molecular weight excluding hydrogens is 180 g/mol. The summed E-state index contributed by atoms with van der Waals surface area (Å²) < 4.78 is 10.4. The largest absolute Gasteiger partial charge is 0.497 e. The Labute approximate surface area is 83.6 Å². The van der Waals surface area contributed by atoms with Gasteiger partial charge in [-0.15, -0.1) is 0 Å². The minimum atomic E-state index is 0.552. The minimum absolute atomic E-state index is 0.552. The Morgan fingerprint density at radius 2 is 1.86 bits per heavy atom. The number of ether oxygens (including phenoxy) is 2. The predicted octanol–water partition coefficient (Wildman–Crippen LogP) is 2.05. The third kappa shape index (κ3) is 3.47. The van der Waals surface area contributed by atoms with Crippen LogP contribution < -0.4 is 9.47 Å². The fourth-order valence-electron chi connectivity index (χ4n) is 1.03. The summed E-state index contributed by atoms with van der Waals surface area (Å²) in [5, 5.41) is 0. The fourth-order valence-corrected chi connectivity index (χ4v) is 1.03. The molecule has 0 atom stereocenters. The van der Waals surface area contributed by atoms with Crippen LogP contribution in [0.25, 0.3) is 0 Å². The van der Waals surface area contributed by atoms with E-state index >= 15 is 0 Å². The molecule has 0 radical (unpaired) electrons. The number of carbonyl (C=O) groups is 1. The Hall–Kier alpha value is -1.51. The normalized spacial score (nSPS) is 9.50. The van der Waals surface area contributed by atoms with Gasteiger partial charge in [-0.25, -0.2) is 0 Å². The number of carbonyl (C=O) groups excluding carboxylic acids is 1. The molecule has 0 aliphatic carbocycles. The maximum Gasteiger partial charge on any atom is 0.120 e. The summed E-state index contributed by atoms with van der Waals surface area (Å²) in [6, 6.07) is 7.38. The molecule has 0 spiro atoms. The maximum atomic E-state index is 10.0. The number of benzene rings is 1. The highest BCUT2D eigenvalue weighted by atomic mass is 16.5. The van der Waals surface area contributed by atoms with Crippen LogP contribution in [0.15, 0.2) is 24.3 Å². The molecule has 0 saturated heterocycles. The molecule has 0 bridgehead atoms. The highest BCUT2D eigenvalue weighted by Gasteiger charge is 1.94. The molecule has 0 N–H and O–H groups in total. The van der Waals surface area contributed by atoms with Crippen molar-refractivity contribution in [1.82, 2.24) is 0 Å². The summed E-state index contributed by atoms with van der Waals surface area (Å²) in [6.07, 6.45) is 2.21. The van der Waals surface area contributed by atoms with Crippen molar-refractivity contribution < 1.29 is 14.3 Å². The Morgan fingerprint density at radius 1 is 1.21 bits per heavy atom. The van der Waals surface area contributed by atoms with Gasteiger partial charge in [0.05, 0.1) is 13.7 Å². The molecule has 1 aromatic rings. The molecule has 0 unspecified atom stereocenters. The van der Waals surface area contributed by atoms with Crippen molar-refractivity contribution in [2.24, 2.45) is 0 Å². The molecule has 0 aliphatic rings. The van der Waals surface area contributed by atoms with Crippen LogP contribution in [-0.4, -0.2) is 20.0 Å². The van der Waals surface area contributed by atoms with Crippen LogP contribution in [0, 0.1) is 0 Å². The van der Waals surface area contributed by atoms with E-state index in [2.05, 4.69) is 0 Å². The van der Waals surface area contributed by atoms with Gasteiger partial charge in [0.15, 0.2) is 0 Å². The van der Waals surface area contributed by atoms with Crippen LogP contribution in [-0.2, 0) is 4.79 Å². The van der Waals surface area contributed by atoms with Crippen molar-refractivity contribution in [3.05, 3.63) is 24.3 Å². The highest BCUT2D eigenvalue weighted by Crippen LogP contribution is 2.16. The molecule has 1 aromatic carbocycles. The van der Waals surface area contributed by atoms with Gasteiger partial charge < -0.3 is 14.3 Å². The number of methoxy groups -OCH3 is 1. The summed E-state index contributed by atoms with van der Waals surface area (Å²) in [5.41, 5.74) is 0.